The summed E-state index contributed by atoms with van der Waals surface area (Å²) in [6.45, 7) is 2.56. The number of halogens is 1. The Morgan fingerprint density at radius 3 is 2.43 bits per heavy atom. The molecule has 1 saturated heterocycles. The molecule has 3 rings (SSSR count). The number of hydrogen-bond acceptors (Lipinski definition) is 5. The lowest BCUT2D eigenvalue weighted by Gasteiger charge is -2.24. The molecular weight excluding hydrogens is 360 g/mol. The Balaban J connectivity index is 1.87. The lowest BCUT2D eigenvalue weighted by molar-refractivity contribution is 0.171. The normalized spacial score (nSPS) is 19.5. The largest absolute Gasteiger partial charge is 0.486 e. The lowest BCUT2D eigenvalue weighted by atomic mass is 10.1. The van der Waals surface area contributed by atoms with Gasteiger partial charge in [0, 0.05) is 16.6 Å². The van der Waals surface area contributed by atoms with E-state index < -0.39 is 10.0 Å². The van der Waals surface area contributed by atoms with E-state index in [2.05, 4.69) is 26.0 Å². The summed E-state index contributed by atoms with van der Waals surface area (Å²) in [4.78, 5) is 0.185. The number of sulfonamides is 1. The molecule has 2 N–H and O–H groups in total. The number of piperidine rings is 1. The van der Waals surface area contributed by atoms with Crippen LogP contribution < -0.4 is 19.5 Å². The van der Waals surface area contributed by atoms with Gasteiger partial charge in [-0.3, -0.25) is 0 Å². The summed E-state index contributed by atoms with van der Waals surface area (Å²) in [6, 6.07) is 3.13. The Morgan fingerprint density at radius 1 is 1.14 bits per heavy atom. The van der Waals surface area contributed by atoms with Crippen LogP contribution in [0.15, 0.2) is 21.5 Å². The van der Waals surface area contributed by atoms with Crippen molar-refractivity contribution in [3.63, 3.8) is 0 Å². The highest BCUT2D eigenvalue weighted by molar-refractivity contribution is 9.10. The molecule has 0 bridgehead atoms. The molecule has 0 amide bonds. The predicted octanol–water partition coefficient (Wildman–Crippen LogP) is 1.25. The molecule has 21 heavy (non-hydrogen) atoms. The summed E-state index contributed by atoms with van der Waals surface area (Å²) < 4.78 is 39.2. The van der Waals surface area contributed by atoms with Crippen molar-refractivity contribution < 1.29 is 17.9 Å². The molecule has 0 aliphatic carbocycles. The van der Waals surface area contributed by atoms with Gasteiger partial charge in [0.15, 0.2) is 11.5 Å². The summed E-state index contributed by atoms with van der Waals surface area (Å²) in [5, 5.41) is 3.21. The third kappa shape index (κ3) is 3.33. The van der Waals surface area contributed by atoms with Crippen LogP contribution in [0, 0.1) is 0 Å². The van der Waals surface area contributed by atoms with Crippen molar-refractivity contribution in [1.29, 1.82) is 0 Å². The Kier molecular flexibility index (Phi) is 4.39. The van der Waals surface area contributed by atoms with Crippen LogP contribution in [-0.4, -0.2) is 40.8 Å². The first-order chi connectivity index (χ1) is 10.1. The summed E-state index contributed by atoms with van der Waals surface area (Å²) in [7, 11) is -3.58. The van der Waals surface area contributed by atoms with Gasteiger partial charge in [-0.25, -0.2) is 13.1 Å². The standard InChI is InChI=1S/C13H17BrN2O4S/c14-10-7-11-12(20-6-5-19-11)8-13(10)21(17,18)16-9-1-3-15-4-2-9/h7-9,15-16H,1-6H2. The van der Waals surface area contributed by atoms with Crippen LogP contribution >= 0.6 is 15.9 Å². The Bertz CT molecular complexity index is 629. The summed E-state index contributed by atoms with van der Waals surface area (Å²) in [6.07, 6.45) is 1.59. The molecule has 1 aromatic rings. The van der Waals surface area contributed by atoms with Crippen LogP contribution in [0.4, 0.5) is 0 Å². The maximum absolute atomic E-state index is 12.5. The molecule has 2 aliphatic heterocycles. The van der Waals surface area contributed by atoms with E-state index in [4.69, 9.17) is 9.47 Å². The second-order valence-corrected chi connectivity index (χ2v) is 7.61. The fourth-order valence-corrected chi connectivity index (χ4v) is 4.81. The number of nitrogens with one attached hydrogen (secondary N) is 2. The molecule has 0 saturated carbocycles. The molecule has 6 nitrogen and oxygen atoms in total. The molecular formula is C13H17BrN2O4S. The van der Waals surface area contributed by atoms with Gasteiger partial charge < -0.3 is 14.8 Å². The third-order valence-electron chi connectivity index (χ3n) is 3.55. The van der Waals surface area contributed by atoms with E-state index in [1.54, 1.807) is 6.07 Å². The van der Waals surface area contributed by atoms with Crippen molar-refractivity contribution in [3.8, 4) is 11.5 Å². The van der Waals surface area contributed by atoms with E-state index in [0.717, 1.165) is 25.9 Å². The zero-order chi connectivity index (χ0) is 14.9. The Hall–Kier alpha value is -0.830. The molecule has 0 atom stereocenters. The van der Waals surface area contributed by atoms with Crippen LogP contribution in [0.1, 0.15) is 12.8 Å². The van der Waals surface area contributed by atoms with Gasteiger partial charge in [0.2, 0.25) is 10.0 Å². The van der Waals surface area contributed by atoms with Gasteiger partial charge >= 0.3 is 0 Å². The van der Waals surface area contributed by atoms with Gasteiger partial charge in [-0.15, -0.1) is 0 Å². The molecule has 0 aromatic heterocycles. The highest BCUT2D eigenvalue weighted by Crippen LogP contribution is 2.37. The van der Waals surface area contributed by atoms with Crippen LogP contribution in [0.25, 0.3) is 0 Å². The second kappa shape index (κ2) is 6.12. The van der Waals surface area contributed by atoms with E-state index in [9.17, 15) is 8.42 Å². The monoisotopic (exact) mass is 376 g/mol. The SMILES string of the molecule is O=S(=O)(NC1CCNCC1)c1cc2c(cc1Br)OCCO2. The van der Waals surface area contributed by atoms with Crippen LogP contribution in [-0.2, 0) is 10.0 Å². The zero-order valence-corrected chi connectivity index (χ0v) is 13.8. The van der Waals surface area contributed by atoms with Gasteiger partial charge in [0.05, 0.1) is 0 Å². The molecule has 1 aromatic carbocycles. The van der Waals surface area contributed by atoms with Gasteiger partial charge in [0.25, 0.3) is 0 Å². The van der Waals surface area contributed by atoms with E-state index in [1.165, 1.54) is 6.07 Å². The van der Waals surface area contributed by atoms with Gasteiger partial charge in [0.1, 0.15) is 18.1 Å². The van der Waals surface area contributed by atoms with E-state index >= 15 is 0 Å². The number of ether oxygens (including phenoxy) is 2. The topological polar surface area (TPSA) is 76.7 Å². The van der Waals surface area contributed by atoms with Crippen molar-refractivity contribution in [3.05, 3.63) is 16.6 Å². The fraction of sp³-hybridized carbons (Fsp3) is 0.538. The average molecular weight is 377 g/mol. The molecule has 0 radical (unpaired) electrons. The van der Waals surface area contributed by atoms with Crippen molar-refractivity contribution in [2.75, 3.05) is 26.3 Å². The minimum absolute atomic E-state index is 0.0312. The quantitative estimate of drug-likeness (QED) is 0.829. The first-order valence-corrected chi connectivity index (χ1v) is 9.16. The third-order valence-corrected chi connectivity index (χ3v) is 6.03. The molecule has 2 aliphatic rings. The van der Waals surface area contributed by atoms with E-state index in [1.807, 2.05) is 0 Å². The molecule has 1 fully saturated rings. The van der Waals surface area contributed by atoms with Crippen molar-refractivity contribution in [2.45, 2.75) is 23.8 Å². The lowest BCUT2D eigenvalue weighted by Crippen LogP contribution is -2.42. The average Bonchev–Trinajstić information content (AvgIpc) is 2.47. The van der Waals surface area contributed by atoms with Gasteiger partial charge in [-0.2, -0.15) is 0 Å². The van der Waals surface area contributed by atoms with Crippen molar-refractivity contribution in [1.82, 2.24) is 10.0 Å². The van der Waals surface area contributed by atoms with E-state index in [0.29, 0.717) is 29.2 Å². The summed E-state index contributed by atoms with van der Waals surface area (Å²) in [5.74, 6) is 1.03. The Labute approximate surface area is 132 Å². The number of rotatable bonds is 3. The van der Waals surface area contributed by atoms with Gasteiger partial charge in [-0.05, 0) is 47.9 Å². The Morgan fingerprint density at radius 2 is 1.76 bits per heavy atom. The van der Waals surface area contributed by atoms with E-state index in [-0.39, 0.29) is 10.9 Å². The molecule has 0 unspecified atom stereocenters. The van der Waals surface area contributed by atoms with Crippen molar-refractivity contribution in [2.24, 2.45) is 0 Å². The minimum atomic E-state index is -3.58. The molecule has 0 spiro atoms. The fourth-order valence-electron chi connectivity index (χ4n) is 2.47. The van der Waals surface area contributed by atoms with Gasteiger partial charge in [-0.1, -0.05) is 0 Å². The maximum atomic E-state index is 12.5. The first-order valence-electron chi connectivity index (χ1n) is 6.88. The number of benzene rings is 1. The van der Waals surface area contributed by atoms with Crippen LogP contribution in [0.3, 0.4) is 0 Å². The van der Waals surface area contributed by atoms with Crippen LogP contribution in [0.5, 0.6) is 11.5 Å². The molecule has 116 valence electrons. The zero-order valence-electron chi connectivity index (χ0n) is 11.4. The van der Waals surface area contributed by atoms with Crippen LogP contribution in [0.2, 0.25) is 0 Å². The minimum Gasteiger partial charge on any atom is -0.486 e. The number of fused-ring (bicyclic) bond motifs is 1. The maximum Gasteiger partial charge on any atom is 0.242 e. The predicted molar refractivity (Wildman–Crippen MR) is 81.3 cm³/mol. The number of hydrogen-bond donors (Lipinski definition) is 2. The smallest absolute Gasteiger partial charge is 0.242 e. The van der Waals surface area contributed by atoms with Crippen molar-refractivity contribution >= 4 is 26.0 Å². The summed E-state index contributed by atoms with van der Waals surface area (Å²) in [5.41, 5.74) is 0. The molecule has 8 heteroatoms. The first kappa shape index (κ1) is 15.1. The highest BCUT2D eigenvalue weighted by atomic mass is 79.9. The second-order valence-electron chi connectivity index (χ2n) is 5.07. The highest BCUT2D eigenvalue weighted by Gasteiger charge is 2.26. The summed E-state index contributed by atoms with van der Waals surface area (Å²) >= 11 is 3.31. The molecule has 2 heterocycles.